The Morgan fingerprint density at radius 1 is 0.368 bits per heavy atom. The van der Waals surface area contributed by atoms with Crippen LogP contribution >= 0.6 is 0 Å². The smallest absolute Gasteiger partial charge is 0.130 e. The molecule has 0 spiro atoms. The molecule has 1 nitrogen and oxygen atoms in total. The Hall–Kier alpha value is -3.88. The second-order valence-corrected chi connectivity index (χ2v) is 10.9. The summed E-state index contributed by atoms with van der Waals surface area (Å²) < 4.78 is 0. The number of para-hydroxylation sites is 1. The molecule has 0 aliphatic heterocycles. The zero-order chi connectivity index (χ0) is 27.1. The Balaban J connectivity index is 0.000000317. The summed E-state index contributed by atoms with van der Waals surface area (Å²) in [5.74, 6) is 0. The third-order valence-electron chi connectivity index (χ3n) is 7.66. The van der Waals surface area contributed by atoms with Gasteiger partial charge in [-0.1, -0.05) is 138 Å². The molecule has 0 fully saturated rings. The van der Waals surface area contributed by atoms with Crippen molar-refractivity contribution in [3.63, 3.8) is 0 Å². The van der Waals surface area contributed by atoms with Gasteiger partial charge in [-0.05, 0) is 39.8 Å². The molecule has 0 aromatic heterocycles. The van der Waals surface area contributed by atoms with Crippen LogP contribution in [0.3, 0.4) is 0 Å². The van der Waals surface area contributed by atoms with Gasteiger partial charge in [0.05, 0.1) is 14.1 Å². The molecule has 38 heavy (non-hydrogen) atoms. The van der Waals surface area contributed by atoms with Crippen LogP contribution in [0.4, 0.5) is 5.69 Å². The molecule has 0 atom stereocenters. The predicted octanol–water partition coefficient (Wildman–Crippen LogP) is 4.76. The molecule has 0 radical (unpaired) electrons. The van der Waals surface area contributed by atoms with Gasteiger partial charge in [0.25, 0.3) is 0 Å². The lowest BCUT2D eigenvalue weighted by atomic mass is 9.13. The zero-order valence-corrected chi connectivity index (χ0v) is 23.7. The van der Waals surface area contributed by atoms with E-state index >= 15 is 0 Å². The maximum Gasteiger partial charge on any atom is 0.130 e. The molecule has 2 heteroatoms. The summed E-state index contributed by atoms with van der Waals surface area (Å²) in [5, 5.41) is 0. The van der Waals surface area contributed by atoms with Gasteiger partial charge in [0, 0.05) is 0 Å². The maximum absolute atomic E-state index is 2.31. The SMILES string of the molecule is C[NH+](C)c1ccccc1.Cc1ccc([B-](c2ccc(C)cc2)(c2ccc(C)cc2)c2ccc(C)cc2)cc1. The van der Waals surface area contributed by atoms with Crippen molar-refractivity contribution in [2.75, 3.05) is 14.1 Å². The van der Waals surface area contributed by atoms with Gasteiger partial charge >= 0.3 is 0 Å². The van der Waals surface area contributed by atoms with Crippen molar-refractivity contribution in [3.05, 3.63) is 150 Å². The van der Waals surface area contributed by atoms with Gasteiger partial charge in [-0.25, -0.2) is 0 Å². The molecule has 0 bridgehead atoms. The molecule has 0 aliphatic carbocycles. The van der Waals surface area contributed by atoms with E-state index in [0.29, 0.717) is 0 Å². The first-order chi connectivity index (χ1) is 18.3. The zero-order valence-electron chi connectivity index (χ0n) is 23.7. The molecule has 192 valence electrons. The fourth-order valence-electron chi connectivity index (χ4n) is 5.35. The number of rotatable bonds is 5. The van der Waals surface area contributed by atoms with Gasteiger partial charge in [0.15, 0.2) is 0 Å². The lowest BCUT2D eigenvalue weighted by molar-refractivity contribution is -0.786. The molecule has 0 saturated heterocycles. The van der Waals surface area contributed by atoms with Crippen molar-refractivity contribution >= 4 is 33.7 Å². The molecule has 0 aliphatic rings. The van der Waals surface area contributed by atoms with Crippen molar-refractivity contribution in [2.24, 2.45) is 0 Å². The van der Waals surface area contributed by atoms with Crippen molar-refractivity contribution in [3.8, 4) is 0 Å². The van der Waals surface area contributed by atoms with Crippen LogP contribution in [0.25, 0.3) is 0 Å². The Kier molecular flexibility index (Phi) is 8.66. The van der Waals surface area contributed by atoms with E-state index in [0.717, 1.165) is 0 Å². The predicted molar refractivity (Wildman–Crippen MR) is 168 cm³/mol. The van der Waals surface area contributed by atoms with Crippen LogP contribution in [0.5, 0.6) is 0 Å². The Morgan fingerprint density at radius 2 is 0.632 bits per heavy atom. The third kappa shape index (κ3) is 5.98. The van der Waals surface area contributed by atoms with Gasteiger partial charge < -0.3 is 4.90 Å². The fraction of sp³-hybridized carbons (Fsp3) is 0.167. The monoisotopic (exact) mass is 497 g/mol. The summed E-state index contributed by atoms with van der Waals surface area (Å²) in [4.78, 5) is 1.37. The maximum atomic E-state index is 2.31. The van der Waals surface area contributed by atoms with E-state index in [9.17, 15) is 0 Å². The van der Waals surface area contributed by atoms with Crippen LogP contribution in [0.2, 0.25) is 0 Å². The number of nitrogens with one attached hydrogen (secondary N) is 1. The van der Waals surface area contributed by atoms with Crippen LogP contribution in [0.1, 0.15) is 22.3 Å². The van der Waals surface area contributed by atoms with Crippen LogP contribution in [-0.4, -0.2) is 20.2 Å². The van der Waals surface area contributed by atoms with Gasteiger partial charge in [0.2, 0.25) is 0 Å². The number of hydrogen-bond acceptors (Lipinski definition) is 0. The molecule has 0 saturated carbocycles. The highest BCUT2D eigenvalue weighted by molar-refractivity contribution is 7.19. The first-order valence-electron chi connectivity index (χ1n) is 13.6. The van der Waals surface area contributed by atoms with Crippen LogP contribution in [0.15, 0.2) is 127 Å². The van der Waals surface area contributed by atoms with Crippen LogP contribution in [-0.2, 0) is 0 Å². The van der Waals surface area contributed by atoms with Crippen molar-refractivity contribution in [1.82, 2.24) is 0 Å². The largest absolute Gasteiger partial charge is 0.307 e. The first-order valence-corrected chi connectivity index (χ1v) is 13.6. The summed E-state index contributed by atoms with van der Waals surface area (Å²) in [6, 6.07) is 46.8. The highest BCUT2D eigenvalue weighted by atomic mass is 15.1. The van der Waals surface area contributed by atoms with Gasteiger partial charge in [-0.3, -0.25) is 0 Å². The lowest BCUT2D eigenvalue weighted by Gasteiger charge is -2.44. The lowest BCUT2D eigenvalue weighted by Crippen LogP contribution is -3.00. The molecular weight excluding hydrogens is 457 g/mol. The van der Waals surface area contributed by atoms with Gasteiger partial charge in [-0.15, -0.1) is 0 Å². The molecular formula is C36H40BN. The summed E-state index contributed by atoms with van der Waals surface area (Å²) in [7, 11) is 4.24. The second-order valence-electron chi connectivity index (χ2n) is 10.9. The molecule has 5 aromatic rings. The summed E-state index contributed by atoms with van der Waals surface area (Å²) >= 11 is 0. The normalized spacial score (nSPS) is 11.1. The molecule has 0 amide bonds. The standard InChI is InChI=1S/C28H28B.C8H11N/c1-21-5-13-25(14-6-21)29(26-15-7-22(2)8-16-26,27-17-9-23(3)10-18-27)28-19-11-24(4)12-20-28;1-9(2)8-6-4-3-5-7-8/h5-20H,1-4H3;3-7H,1-2H3/q-1;/p+1. The van der Waals surface area contributed by atoms with E-state index in [4.69, 9.17) is 0 Å². The Morgan fingerprint density at radius 3 is 0.842 bits per heavy atom. The topological polar surface area (TPSA) is 4.44 Å². The minimum absolute atomic E-state index is 1.27. The number of hydrogen-bond donors (Lipinski definition) is 1. The van der Waals surface area contributed by atoms with E-state index in [2.05, 4.69) is 163 Å². The van der Waals surface area contributed by atoms with Crippen molar-refractivity contribution < 1.29 is 4.90 Å². The van der Waals surface area contributed by atoms with Crippen molar-refractivity contribution in [2.45, 2.75) is 27.7 Å². The number of benzene rings is 5. The van der Waals surface area contributed by atoms with Crippen LogP contribution in [0, 0.1) is 27.7 Å². The highest BCUT2D eigenvalue weighted by Gasteiger charge is 2.31. The minimum Gasteiger partial charge on any atom is -0.307 e. The summed E-state index contributed by atoms with van der Waals surface area (Å²) in [5.41, 5.74) is 11.9. The number of aryl methyl sites for hydroxylation is 4. The second kappa shape index (κ2) is 12.1. The van der Waals surface area contributed by atoms with E-state index < -0.39 is 6.15 Å². The fourth-order valence-corrected chi connectivity index (χ4v) is 5.35. The van der Waals surface area contributed by atoms with E-state index in [1.54, 1.807) is 0 Å². The first kappa shape index (κ1) is 27.2. The van der Waals surface area contributed by atoms with Gasteiger partial charge in [-0.2, -0.15) is 21.9 Å². The van der Waals surface area contributed by atoms with E-state index in [-0.39, 0.29) is 0 Å². The quantitative estimate of drug-likeness (QED) is 0.334. The molecule has 0 heterocycles. The molecule has 0 unspecified atom stereocenters. The molecule has 1 N–H and O–H groups in total. The summed E-state index contributed by atoms with van der Waals surface area (Å²) in [6.45, 7) is 8.62. The van der Waals surface area contributed by atoms with E-state index in [1.807, 2.05) is 6.07 Å². The Labute approximate surface area is 229 Å². The average molecular weight is 498 g/mol. The highest BCUT2D eigenvalue weighted by Crippen LogP contribution is 2.12. The number of quaternary nitrogens is 1. The summed E-state index contributed by atoms with van der Waals surface area (Å²) in [6.07, 6.45) is -1.27. The van der Waals surface area contributed by atoms with Crippen molar-refractivity contribution in [1.29, 1.82) is 0 Å². The van der Waals surface area contributed by atoms with Crippen LogP contribution < -0.4 is 26.8 Å². The molecule has 5 aromatic carbocycles. The molecule has 5 rings (SSSR count). The third-order valence-corrected chi connectivity index (χ3v) is 7.66. The van der Waals surface area contributed by atoms with Gasteiger partial charge in [0.1, 0.15) is 11.8 Å². The van der Waals surface area contributed by atoms with E-state index in [1.165, 1.54) is 54.7 Å². The Bertz CT molecular complexity index is 1230. The minimum atomic E-state index is -1.27. The average Bonchev–Trinajstić information content (AvgIpc) is 2.93.